The minimum Gasteiger partial charge on any atom is -0.462 e. The molecule has 0 aliphatic carbocycles. The van der Waals surface area contributed by atoms with Gasteiger partial charge in [-0.15, -0.1) is 0 Å². The van der Waals surface area contributed by atoms with Crippen LogP contribution in [0, 0.1) is 0 Å². The molecule has 0 aliphatic heterocycles. The van der Waals surface area contributed by atoms with E-state index >= 15 is 0 Å². The van der Waals surface area contributed by atoms with Crippen molar-refractivity contribution in [1.82, 2.24) is 0 Å². The topological polar surface area (TPSA) is 237 Å². The standard InChI is InChI=1S/C89H144O17P2/c1-5-9-13-17-21-25-29-33-36-39-41-44-46-50-54-58-62-66-70-74-87(92)100-80-85(106-88(93)75-71-67-63-59-55-51-47-43-38-35-31-27-23-19-15-11-7-3)82-104-108(97,98)102-78-83(90)77-101-107(95,96)103-81-84(79-99-86(91)73-69-65-61-57-53-49-32-28-24-20-16-12-8-4)105-89(94)76-72-68-64-60-56-52-48-45-42-40-37-34-30-26-22-18-14-10-6-2/h21-23,25-28,32-38,41-42,44-45,47,50-52,54,56,59,62-64,66,68,83-85,90H,5-20,24,29-31,39-40,43,46,48-49,53,55,57-58,60-61,65,67,69-82H2,1-4H3,(H,95,96)(H,97,98)/b25-21-,26-22-,27-23-,32-28-,36-33-,37-34-,38-35-,44-41-,45-42-,51-47-,54-50-,56-52-,63-59-,66-62-,68-64-/t83-,84+,85+/m0/s1. The van der Waals surface area contributed by atoms with Crippen LogP contribution >= 0.6 is 15.6 Å². The van der Waals surface area contributed by atoms with Gasteiger partial charge >= 0.3 is 39.5 Å². The van der Waals surface area contributed by atoms with Crippen LogP contribution in [0.4, 0.5) is 0 Å². The minimum absolute atomic E-state index is 0.00537. The highest BCUT2D eigenvalue weighted by atomic mass is 31.2. The van der Waals surface area contributed by atoms with Gasteiger partial charge in [-0.3, -0.25) is 37.3 Å². The number of carbonyl (C=O) groups is 4. The number of phosphoric acid groups is 2. The molecule has 0 aliphatic rings. The van der Waals surface area contributed by atoms with Gasteiger partial charge < -0.3 is 33.8 Å². The number of carbonyl (C=O) groups excluding carboxylic acids is 4. The Balaban J connectivity index is 5.57. The van der Waals surface area contributed by atoms with Crippen LogP contribution in [0.5, 0.6) is 0 Å². The molecule has 0 radical (unpaired) electrons. The summed E-state index contributed by atoms with van der Waals surface area (Å²) in [5.41, 5.74) is 0. The summed E-state index contributed by atoms with van der Waals surface area (Å²) in [5, 5.41) is 10.6. The zero-order valence-corrected chi connectivity index (χ0v) is 68.7. The molecule has 2 unspecified atom stereocenters. The largest absolute Gasteiger partial charge is 0.472 e. The van der Waals surface area contributed by atoms with Crippen molar-refractivity contribution < 1.29 is 80.2 Å². The molecule has 0 saturated carbocycles. The van der Waals surface area contributed by atoms with E-state index in [4.69, 9.17) is 37.0 Å². The van der Waals surface area contributed by atoms with E-state index in [0.29, 0.717) is 44.9 Å². The first kappa shape index (κ1) is 102. The van der Waals surface area contributed by atoms with Crippen molar-refractivity contribution in [2.75, 3.05) is 39.6 Å². The minimum atomic E-state index is -5.02. The van der Waals surface area contributed by atoms with E-state index in [2.05, 4.69) is 161 Å². The van der Waals surface area contributed by atoms with Crippen molar-refractivity contribution in [2.45, 2.75) is 316 Å². The van der Waals surface area contributed by atoms with Crippen LogP contribution in [0.25, 0.3) is 0 Å². The number of hydrogen-bond acceptors (Lipinski definition) is 15. The number of allylic oxidation sites excluding steroid dienone is 30. The summed E-state index contributed by atoms with van der Waals surface area (Å²) in [7, 11) is -10.0. The Morgan fingerprint density at radius 1 is 0.259 bits per heavy atom. The van der Waals surface area contributed by atoms with Gasteiger partial charge in [0.25, 0.3) is 0 Å². The molecule has 0 saturated heterocycles. The lowest BCUT2D eigenvalue weighted by atomic mass is 10.1. The van der Waals surface area contributed by atoms with Gasteiger partial charge in [-0.1, -0.05) is 287 Å². The Morgan fingerprint density at radius 2 is 0.481 bits per heavy atom. The van der Waals surface area contributed by atoms with E-state index < -0.39 is 97.5 Å². The second-order valence-electron chi connectivity index (χ2n) is 26.6. The zero-order valence-electron chi connectivity index (χ0n) is 66.9. The van der Waals surface area contributed by atoms with Gasteiger partial charge in [0, 0.05) is 25.7 Å². The molecular formula is C89H144O17P2. The van der Waals surface area contributed by atoms with Gasteiger partial charge in [0.05, 0.1) is 26.4 Å². The lowest BCUT2D eigenvalue weighted by Gasteiger charge is -2.21. The Labute approximate surface area is 654 Å². The maximum atomic E-state index is 13.1. The molecule has 0 amide bonds. The Hall–Kier alpha value is -5.84. The average Bonchev–Trinajstić information content (AvgIpc) is 0.892. The van der Waals surface area contributed by atoms with Crippen molar-refractivity contribution in [1.29, 1.82) is 0 Å². The second kappa shape index (κ2) is 79.3. The Kier molecular flexibility index (Phi) is 75.0. The number of esters is 4. The number of unbranched alkanes of at least 4 members (excludes halogenated alkanes) is 19. The molecule has 0 spiro atoms. The molecule has 0 aromatic heterocycles. The lowest BCUT2D eigenvalue weighted by Crippen LogP contribution is -2.30. The van der Waals surface area contributed by atoms with Gasteiger partial charge in [-0.2, -0.15) is 0 Å². The number of rotatable bonds is 75. The summed E-state index contributed by atoms with van der Waals surface area (Å²) in [5.74, 6) is -2.46. The summed E-state index contributed by atoms with van der Waals surface area (Å²) in [6.07, 6.45) is 96.2. The maximum absolute atomic E-state index is 13.1. The third kappa shape index (κ3) is 78.3. The Bertz CT molecular complexity index is 2760. The molecule has 0 aromatic carbocycles. The van der Waals surface area contributed by atoms with Crippen LogP contribution in [0.1, 0.15) is 297 Å². The van der Waals surface area contributed by atoms with E-state index in [9.17, 15) is 43.2 Å². The molecule has 3 N–H and O–H groups in total. The van der Waals surface area contributed by atoms with Crippen molar-refractivity contribution in [3.8, 4) is 0 Å². The summed E-state index contributed by atoms with van der Waals surface area (Å²) in [6.45, 7) is 4.51. The Morgan fingerprint density at radius 3 is 0.824 bits per heavy atom. The summed E-state index contributed by atoms with van der Waals surface area (Å²) in [4.78, 5) is 73.0. The molecular weight excluding hydrogens is 1400 g/mol. The molecule has 17 nitrogen and oxygen atoms in total. The van der Waals surface area contributed by atoms with E-state index in [1.807, 2.05) is 48.6 Å². The highest BCUT2D eigenvalue weighted by Crippen LogP contribution is 2.45. The van der Waals surface area contributed by atoms with Gasteiger partial charge in [0.1, 0.15) is 19.3 Å². The van der Waals surface area contributed by atoms with Crippen LogP contribution < -0.4 is 0 Å². The van der Waals surface area contributed by atoms with Gasteiger partial charge in [0.2, 0.25) is 0 Å². The predicted molar refractivity (Wildman–Crippen MR) is 445 cm³/mol. The van der Waals surface area contributed by atoms with Crippen LogP contribution in [-0.2, 0) is 65.4 Å². The second-order valence-corrected chi connectivity index (χ2v) is 29.5. The molecule has 0 bridgehead atoms. The van der Waals surface area contributed by atoms with E-state index in [1.54, 1.807) is 0 Å². The van der Waals surface area contributed by atoms with Crippen LogP contribution in [0.15, 0.2) is 182 Å². The van der Waals surface area contributed by atoms with Gasteiger partial charge in [-0.05, 0) is 167 Å². The van der Waals surface area contributed by atoms with E-state index in [1.165, 1.54) is 83.5 Å². The smallest absolute Gasteiger partial charge is 0.462 e. The number of ether oxygens (including phenoxy) is 4. The molecule has 19 heteroatoms. The normalized spacial score (nSPS) is 14.8. The molecule has 0 heterocycles. The summed E-state index contributed by atoms with van der Waals surface area (Å²) < 4.78 is 68.4. The zero-order chi connectivity index (χ0) is 78.9. The highest BCUT2D eigenvalue weighted by Gasteiger charge is 2.30. The average molecular weight is 1550 g/mol. The monoisotopic (exact) mass is 1550 g/mol. The first-order valence-electron chi connectivity index (χ1n) is 41.0. The third-order valence-corrected chi connectivity index (χ3v) is 18.2. The maximum Gasteiger partial charge on any atom is 0.472 e. The molecule has 612 valence electrons. The first-order valence-corrected chi connectivity index (χ1v) is 44.0. The SMILES string of the molecule is CCCCC/C=C\C/C=C\C/C=C\C/C=C\C/C=C\CCC(=O)OC[C@H](COP(=O)(O)OC[C@@H](O)COP(=O)(O)OC[C@@H](COC(=O)CCCCCCC/C=C\CCCCCC)OC(=O)CC/C=C\C/C=C\C/C=C\C/C=C\C/C=C\CCCCC)OC(=O)CCC/C=C\C/C=C\C/C=C\C/C=C\CCCCC. The van der Waals surface area contributed by atoms with Crippen molar-refractivity contribution >= 4 is 39.5 Å². The number of hydrogen-bond donors (Lipinski definition) is 3. The lowest BCUT2D eigenvalue weighted by molar-refractivity contribution is -0.161. The molecule has 0 rings (SSSR count). The number of phosphoric ester groups is 2. The summed E-state index contributed by atoms with van der Waals surface area (Å²) >= 11 is 0. The van der Waals surface area contributed by atoms with Crippen molar-refractivity contribution in [3.05, 3.63) is 182 Å². The van der Waals surface area contributed by atoms with Crippen LogP contribution in [0.3, 0.4) is 0 Å². The molecule has 5 atom stereocenters. The van der Waals surface area contributed by atoms with E-state index in [0.717, 1.165) is 116 Å². The van der Waals surface area contributed by atoms with Crippen LogP contribution in [-0.4, -0.2) is 96.7 Å². The van der Waals surface area contributed by atoms with E-state index in [-0.39, 0.29) is 25.7 Å². The molecule has 108 heavy (non-hydrogen) atoms. The van der Waals surface area contributed by atoms with Gasteiger partial charge in [0.15, 0.2) is 12.2 Å². The third-order valence-electron chi connectivity index (χ3n) is 16.3. The molecule has 0 aromatic rings. The number of aliphatic hydroxyl groups is 1. The van der Waals surface area contributed by atoms with Crippen LogP contribution in [0.2, 0.25) is 0 Å². The van der Waals surface area contributed by atoms with Crippen molar-refractivity contribution in [2.24, 2.45) is 0 Å². The predicted octanol–water partition coefficient (Wildman–Crippen LogP) is 24.3. The number of aliphatic hydroxyl groups excluding tert-OH is 1. The quantitative estimate of drug-likeness (QED) is 0.0169. The fourth-order valence-electron chi connectivity index (χ4n) is 10.1. The fraction of sp³-hybridized carbons (Fsp3) is 0.618. The first-order chi connectivity index (χ1) is 52.7. The fourth-order valence-corrected chi connectivity index (χ4v) is 11.6. The van der Waals surface area contributed by atoms with Gasteiger partial charge in [-0.25, -0.2) is 9.13 Å². The summed E-state index contributed by atoms with van der Waals surface area (Å²) in [6, 6.07) is 0. The van der Waals surface area contributed by atoms with Crippen molar-refractivity contribution in [3.63, 3.8) is 0 Å². The highest BCUT2D eigenvalue weighted by molar-refractivity contribution is 7.47. The molecule has 0 fully saturated rings.